The van der Waals surface area contributed by atoms with E-state index >= 15 is 0 Å². The smallest absolute Gasteiger partial charge is 0.265 e. The van der Waals surface area contributed by atoms with E-state index in [0.717, 1.165) is 12.2 Å². The van der Waals surface area contributed by atoms with Crippen LogP contribution in [0.4, 0.5) is 11.4 Å². The molecular weight excluding hydrogens is 387 g/mol. The first-order chi connectivity index (χ1) is 12.8. The number of benzene rings is 2. The number of amides is 1. The van der Waals surface area contributed by atoms with Crippen molar-refractivity contribution in [3.05, 3.63) is 46.4 Å². The molecule has 2 N–H and O–H groups in total. The van der Waals surface area contributed by atoms with Gasteiger partial charge in [0, 0.05) is 23.3 Å². The molecule has 2 rings (SSSR count). The van der Waals surface area contributed by atoms with Crippen LogP contribution in [-0.4, -0.2) is 25.7 Å². The summed E-state index contributed by atoms with van der Waals surface area (Å²) in [6.07, 6.45) is -0.742. The Morgan fingerprint density at radius 2 is 1.81 bits per heavy atom. The highest BCUT2D eigenvalue weighted by atomic mass is 35.5. The standard InChI is InChI=1S/C20H24Cl2N2O3/c1-12(2)11-23-17-7-6-15(10-19(17)26-4)24-20(25)13(3)27-18-8-5-14(21)9-16(18)22/h5-10,12-13,23H,11H2,1-4H3,(H,24,25). The molecule has 0 bridgehead atoms. The van der Waals surface area contributed by atoms with Crippen molar-refractivity contribution in [1.82, 2.24) is 0 Å². The van der Waals surface area contributed by atoms with Gasteiger partial charge in [-0.15, -0.1) is 0 Å². The summed E-state index contributed by atoms with van der Waals surface area (Å²) in [6.45, 7) is 6.73. The summed E-state index contributed by atoms with van der Waals surface area (Å²) in [5, 5.41) is 7.00. The van der Waals surface area contributed by atoms with Crippen molar-refractivity contribution in [2.75, 3.05) is 24.3 Å². The molecule has 5 nitrogen and oxygen atoms in total. The van der Waals surface area contributed by atoms with Crippen LogP contribution < -0.4 is 20.1 Å². The molecule has 0 aliphatic heterocycles. The Balaban J connectivity index is 2.03. The summed E-state index contributed by atoms with van der Waals surface area (Å²) in [7, 11) is 1.59. The van der Waals surface area contributed by atoms with E-state index in [1.807, 2.05) is 12.1 Å². The van der Waals surface area contributed by atoms with Crippen molar-refractivity contribution >= 4 is 40.5 Å². The van der Waals surface area contributed by atoms with Gasteiger partial charge in [-0.05, 0) is 43.2 Å². The number of hydrogen-bond acceptors (Lipinski definition) is 4. The lowest BCUT2D eigenvalue weighted by molar-refractivity contribution is -0.122. The van der Waals surface area contributed by atoms with E-state index in [-0.39, 0.29) is 5.91 Å². The summed E-state index contributed by atoms with van der Waals surface area (Å²) < 4.78 is 11.0. The van der Waals surface area contributed by atoms with Gasteiger partial charge in [0.25, 0.3) is 5.91 Å². The number of carbonyl (C=O) groups excluding carboxylic acids is 1. The van der Waals surface area contributed by atoms with Crippen molar-refractivity contribution in [3.63, 3.8) is 0 Å². The minimum Gasteiger partial charge on any atom is -0.495 e. The number of anilines is 2. The van der Waals surface area contributed by atoms with Crippen LogP contribution in [0.15, 0.2) is 36.4 Å². The van der Waals surface area contributed by atoms with Crippen LogP contribution in [0.2, 0.25) is 10.0 Å². The molecule has 2 aromatic carbocycles. The van der Waals surface area contributed by atoms with E-state index in [2.05, 4.69) is 24.5 Å². The largest absolute Gasteiger partial charge is 0.495 e. The van der Waals surface area contributed by atoms with Gasteiger partial charge in [-0.3, -0.25) is 4.79 Å². The fourth-order valence-corrected chi connectivity index (χ4v) is 2.74. The maximum absolute atomic E-state index is 12.4. The molecule has 0 saturated carbocycles. The molecule has 0 saturated heterocycles. The second-order valence-corrected chi connectivity index (χ2v) is 7.36. The van der Waals surface area contributed by atoms with Gasteiger partial charge in [0.1, 0.15) is 11.5 Å². The third-order valence-corrected chi connectivity index (χ3v) is 4.27. The number of methoxy groups -OCH3 is 1. The van der Waals surface area contributed by atoms with Gasteiger partial charge in [0.05, 0.1) is 17.8 Å². The molecule has 1 unspecified atom stereocenters. The molecule has 0 heterocycles. The Bertz CT molecular complexity index is 797. The van der Waals surface area contributed by atoms with Crippen LogP contribution in [0.25, 0.3) is 0 Å². The SMILES string of the molecule is COc1cc(NC(=O)C(C)Oc2ccc(Cl)cc2Cl)ccc1NCC(C)C. The third kappa shape index (κ3) is 6.22. The molecule has 0 fully saturated rings. The predicted octanol–water partition coefficient (Wildman–Crippen LogP) is 5.48. The minimum absolute atomic E-state index is 0.300. The molecule has 0 spiro atoms. The van der Waals surface area contributed by atoms with Crippen LogP contribution in [0, 0.1) is 5.92 Å². The van der Waals surface area contributed by atoms with E-state index < -0.39 is 6.10 Å². The highest BCUT2D eigenvalue weighted by molar-refractivity contribution is 6.35. The first-order valence-electron chi connectivity index (χ1n) is 8.64. The highest BCUT2D eigenvalue weighted by Gasteiger charge is 2.17. The van der Waals surface area contributed by atoms with Crippen molar-refractivity contribution < 1.29 is 14.3 Å². The fourth-order valence-electron chi connectivity index (χ4n) is 2.29. The molecule has 0 aliphatic rings. The Morgan fingerprint density at radius 1 is 1.07 bits per heavy atom. The van der Waals surface area contributed by atoms with Gasteiger partial charge >= 0.3 is 0 Å². The molecule has 1 amide bonds. The maximum atomic E-state index is 12.4. The average Bonchev–Trinajstić information content (AvgIpc) is 2.62. The lowest BCUT2D eigenvalue weighted by Gasteiger charge is -2.17. The normalized spacial score (nSPS) is 11.8. The minimum atomic E-state index is -0.742. The van der Waals surface area contributed by atoms with E-state index in [1.54, 1.807) is 38.3 Å². The zero-order valence-corrected chi connectivity index (χ0v) is 17.3. The van der Waals surface area contributed by atoms with Gasteiger partial charge in [-0.1, -0.05) is 37.0 Å². The Kier molecular flexibility index (Phi) is 7.63. The summed E-state index contributed by atoms with van der Waals surface area (Å²) in [4.78, 5) is 12.4. The van der Waals surface area contributed by atoms with Crippen LogP contribution in [-0.2, 0) is 4.79 Å². The number of ether oxygens (including phenoxy) is 2. The molecule has 0 aromatic heterocycles. The molecule has 7 heteroatoms. The molecule has 27 heavy (non-hydrogen) atoms. The van der Waals surface area contributed by atoms with E-state index in [1.165, 1.54) is 0 Å². The number of nitrogens with one attached hydrogen (secondary N) is 2. The first-order valence-corrected chi connectivity index (χ1v) is 9.40. The van der Waals surface area contributed by atoms with Crippen molar-refractivity contribution in [3.8, 4) is 11.5 Å². The van der Waals surface area contributed by atoms with Crippen molar-refractivity contribution in [1.29, 1.82) is 0 Å². The van der Waals surface area contributed by atoms with Gasteiger partial charge in [0.15, 0.2) is 6.10 Å². The fraction of sp³-hybridized carbons (Fsp3) is 0.350. The Labute approximate surface area is 170 Å². The van der Waals surface area contributed by atoms with E-state index in [4.69, 9.17) is 32.7 Å². The van der Waals surface area contributed by atoms with E-state index in [0.29, 0.717) is 33.1 Å². The molecule has 1 atom stereocenters. The van der Waals surface area contributed by atoms with Gasteiger partial charge in [-0.2, -0.15) is 0 Å². The molecule has 0 radical (unpaired) electrons. The molecule has 2 aromatic rings. The summed E-state index contributed by atoms with van der Waals surface area (Å²) >= 11 is 12.0. The first kappa shape index (κ1) is 21.2. The summed E-state index contributed by atoms with van der Waals surface area (Å²) in [5.74, 6) is 1.26. The van der Waals surface area contributed by atoms with Crippen LogP contribution >= 0.6 is 23.2 Å². The highest BCUT2D eigenvalue weighted by Crippen LogP contribution is 2.30. The summed E-state index contributed by atoms with van der Waals surface area (Å²) in [5.41, 5.74) is 1.49. The molecule has 0 aliphatic carbocycles. The van der Waals surface area contributed by atoms with Gasteiger partial charge < -0.3 is 20.1 Å². The molecule has 146 valence electrons. The zero-order valence-electron chi connectivity index (χ0n) is 15.8. The van der Waals surface area contributed by atoms with E-state index in [9.17, 15) is 4.79 Å². The quantitative estimate of drug-likeness (QED) is 0.604. The van der Waals surface area contributed by atoms with Crippen LogP contribution in [0.1, 0.15) is 20.8 Å². The second kappa shape index (κ2) is 9.72. The number of hydrogen-bond donors (Lipinski definition) is 2. The van der Waals surface area contributed by atoms with Crippen molar-refractivity contribution in [2.45, 2.75) is 26.9 Å². The van der Waals surface area contributed by atoms with Crippen LogP contribution in [0.5, 0.6) is 11.5 Å². The Hall–Kier alpha value is -2.11. The van der Waals surface area contributed by atoms with Crippen molar-refractivity contribution in [2.24, 2.45) is 5.92 Å². The third-order valence-electron chi connectivity index (χ3n) is 3.74. The number of rotatable bonds is 8. The number of halogens is 2. The average molecular weight is 411 g/mol. The topological polar surface area (TPSA) is 59.6 Å². The lowest BCUT2D eigenvalue weighted by atomic mass is 10.2. The van der Waals surface area contributed by atoms with Crippen LogP contribution in [0.3, 0.4) is 0 Å². The zero-order chi connectivity index (χ0) is 20.0. The van der Waals surface area contributed by atoms with Gasteiger partial charge in [0.2, 0.25) is 0 Å². The monoisotopic (exact) mass is 410 g/mol. The summed E-state index contributed by atoms with van der Waals surface area (Å²) in [6, 6.07) is 10.3. The second-order valence-electron chi connectivity index (χ2n) is 6.51. The Morgan fingerprint density at radius 3 is 2.44 bits per heavy atom. The number of carbonyl (C=O) groups is 1. The maximum Gasteiger partial charge on any atom is 0.265 e. The molecular formula is C20H24Cl2N2O3. The lowest BCUT2D eigenvalue weighted by Crippen LogP contribution is -2.30. The predicted molar refractivity (Wildman–Crippen MR) is 112 cm³/mol. The van der Waals surface area contributed by atoms with Gasteiger partial charge in [-0.25, -0.2) is 0 Å².